The van der Waals surface area contributed by atoms with E-state index in [1.165, 1.54) is 0 Å². The summed E-state index contributed by atoms with van der Waals surface area (Å²) in [6.45, 7) is 6.32. The number of hydrogen-bond acceptors (Lipinski definition) is 2. The average Bonchev–Trinajstić information content (AvgIpc) is 2.25. The first-order chi connectivity index (χ1) is 7.52. The van der Waals surface area contributed by atoms with Crippen LogP contribution < -0.4 is 10.6 Å². The average molecular weight is 230 g/mol. The van der Waals surface area contributed by atoms with E-state index in [1.54, 1.807) is 0 Å². The molecule has 0 saturated heterocycles. The van der Waals surface area contributed by atoms with Gasteiger partial charge < -0.3 is 15.7 Å². The van der Waals surface area contributed by atoms with Crippen LogP contribution in [-0.2, 0) is 4.79 Å². The second-order valence-electron chi connectivity index (χ2n) is 3.96. The van der Waals surface area contributed by atoms with Crippen molar-refractivity contribution in [3.63, 3.8) is 0 Å². The Balaban J connectivity index is 4.09. The lowest BCUT2D eigenvalue weighted by atomic mass is 9.99. The van der Waals surface area contributed by atoms with Gasteiger partial charge in [0, 0.05) is 6.54 Å². The summed E-state index contributed by atoms with van der Waals surface area (Å²) >= 11 is 0. The fourth-order valence-electron chi connectivity index (χ4n) is 1.25. The molecule has 0 aliphatic heterocycles. The monoisotopic (exact) mass is 230 g/mol. The number of rotatable bonds is 7. The summed E-state index contributed by atoms with van der Waals surface area (Å²) in [4.78, 5) is 22.3. The molecule has 0 bridgehead atoms. The van der Waals surface area contributed by atoms with Gasteiger partial charge in [0.2, 0.25) is 0 Å². The minimum absolute atomic E-state index is 0.0746. The topological polar surface area (TPSA) is 78.4 Å². The van der Waals surface area contributed by atoms with Crippen molar-refractivity contribution in [1.82, 2.24) is 10.6 Å². The number of hydrogen-bond donors (Lipinski definition) is 3. The van der Waals surface area contributed by atoms with E-state index < -0.39 is 18.0 Å². The first-order valence-corrected chi connectivity index (χ1v) is 5.80. The van der Waals surface area contributed by atoms with Gasteiger partial charge in [-0.05, 0) is 12.3 Å². The Kier molecular flexibility index (Phi) is 7.33. The smallest absolute Gasteiger partial charge is 0.326 e. The largest absolute Gasteiger partial charge is 0.480 e. The van der Waals surface area contributed by atoms with Crippen LogP contribution in [-0.4, -0.2) is 29.7 Å². The third-order valence-corrected chi connectivity index (χ3v) is 2.58. The van der Waals surface area contributed by atoms with Gasteiger partial charge in [-0.1, -0.05) is 33.6 Å². The molecule has 0 aromatic rings. The highest BCUT2D eigenvalue weighted by atomic mass is 16.4. The van der Waals surface area contributed by atoms with Crippen LogP contribution in [0.4, 0.5) is 4.79 Å². The molecule has 5 nitrogen and oxygen atoms in total. The molecule has 1 unspecified atom stereocenters. The van der Waals surface area contributed by atoms with E-state index in [0.29, 0.717) is 13.0 Å². The van der Waals surface area contributed by atoms with Gasteiger partial charge in [-0.3, -0.25) is 0 Å². The lowest BCUT2D eigenvalue weighted by molar-refractivity contribution is -0.140. The van der Waals surface area contributed by atoms with Crippen molar-refractivity contribution in [2.75, 3.05) is 6.54 Å². The number of carboxylic acids is 1. The van der Waals surface area contributed by atoms with E-state index in [4.69, 9.17) is 5.11 Å². The third-order valence-electron chi connectivity index (χ3n) is 2.58. The lowest BCUT2D eigenvalue weighted by Gasteiger charge is -2.20. The second-order valence-corrected chi connectivity index (χ2v) is 3.96. The van der Waals surface area contributed by atoms with Crippen LogP contribution in [0.3, 0.4) is 0 Å². The molecule has 0 spiro atoms. The zero-order valence-corrected chi connectivity index (χ0v) is 10.2. The number of unbranched alkanes of at least 4 members (excludes halogenated alkanes) is 1. The molecule has 0 aliphatic carbocycles. The first kappa shape index (κ1) is 14.7. The van der Waals surface area contributed by atoms with Crippen molar-refractivity contribution in [2.45, 2.75) is 46.1 Å². The van der Waals surface area contributed by atoms with Crippen LogP contribution in [0.1, 0.15) is 40.0 Å². The summed E-state index contributed by atoms with van der Waals surface area (Å²) in [5.74, 6) is -1.06. The Labute approximate surface area is 96.6 Å². The molecule has 5 heteroatoms. The number of carbonyl (C=O) groups is 2. The maximum Gasteiger partial charge on any atom is 0.326 e. The van der Waals surface area contributed by atoms with Gasteiger partial charge in [-0.2, -0.15) is 0 Å². The molecule has 2 amide bonds. The highest BCUT2D eigenvalue weighted by Crippen LogP contribution is 2.07. The molecule has 3 N–H and O–H groups in total. The van der Waals surface area contributed by atoms with Crippen molar-refractivity contribution < 1.29 is 14.7 Å². The van der Waals surface area contributed by atoms with Crippen molar-refractivity contribution >= 4 is 12.0 Å². The molecule has 94 valence electrons. The van der Waals surface area contributed by atoms with Crippen molar-refractivity contribution in [2.24, 2.45) is 5.92 Å². The van der Waals surface area contributed by atoms with E-state index in [-0.39, 0.29) is 5.92 Å². The molecule has 0 radical (unpaired) electrons. The molecule has 0 aromatic carbocycles. The Morgan fingerprint density at radius 1 is 1.31 bits per heavy atom. The third kappa shape index (κ3) is 5.58. The fourth-order valence-corrected chi connectivity index (χ4v) is 1.25. The number of nitrogens with one attached hydrogen (secondary N) is 2. The summed E-state index contributed by atoms with van der Waals surface area (Å²) < 4.78 is 0. The normalized spacial score (nSPS) is 13.9. The summed E-state index contributed by atoms with van der Waals surface area (Å²) in [6, 6.07) is -1.22. The minimum Gasteiger partial charge on any atom is -0.480 e. The van der Waals surface area contributed by atoms with Gasteiger partial charge in [-0.25, -0.2) is 9.59 Å². The molecular weight excluding hydrogens is 208 g/mol. The quantitative estimate of drug-likeness (QED) is 0.581. The van der Waals surface area contributed by atoms with Crippen LogP contribution in [0.15, 0.2) is 0 Å². The van der Waals surface area contributed by atoms with E-state index in [9.17, 15) is 9.59 Å². The molecule has 0 heterocycles. The Bertz CT molecular complexity index is 231. The highest BCUT2D eigenvalue weighted by molar-refractivity contribution is 5.82. The van der Waals surface area contributed by atoms with E-state index in [1.807, 2.05) is 20.8 Å². The molecule has 0 aromatic heterocycles. The maximum atomic E-state index is 11.4. The molecule has 0 aliphatic rings. The second kappa shape index (κ2) is 7.96. The summed E-state index contributed by atoms with van der Waals surface area (Å²) in [5.41, 5.74) is 0. The first-order valence-electron chi connectivity index (χ1n) is 5.80. The predicted molar refractivity (Wildman–Crippen MR) is 62.3 cm³/mol. The lowest BCUT2D eigenvalue weighted by Crippen LogP contribution is -2.49. The Morgan fingerprint density at radius 2 is 1.94 bits per heavy atom. The van der Waals surface area contributed by atoms with Gasteiger partial charge in [0.25, 0.3) is 0 Å². The van der Waals surface area contributed by atoms with Crippen LogP contribution >= 0.6 is 0 Å². The van der Waals surface area contributed by atoms with Crippen LogP contribution in [0.5, 0.6) is 0 Å². The molecule has 16 heavy (non-hydrogen) atoms. The van der Waals surface area contributed by atoms with Crippen LogP contribution in [0.2, 0.25) is 0 Å². The van der Waals surface area contributed by atoms with Gasteiger partial charge in [0.1, 0.15) is 6.04 Å². The number of carbonyl (C=O) groups excluding carboxylic acids is 1. The van der Waals surface area contributed by atoms with Crippen molar-refractivity contribution in [3.8, 4) is 0 Å². The zero-order valence-electron chi connectivity index (χ0n) is 10.2. The van der Waals surface area contributed by atoms with Crippen LogP contribution in [0, 0.1) is 5.92 Å². The molecule has 0 saturated carbocycles. The fraction of sp³-hybridized carbons (Fsp3) is 0.818. The number of amides is 2. The van der Waals surface area contributed by atoms with Crippen molar-refractivity contribution in [3.05, 3.63) is 0 Å². The van der Waals surface area contributed by atoms with E-state index >= 15 is 0 Å². The maximum absolute atomic E-state index is 11.4. The highest BCUT2D eigenvalue weighted by Gasteiger charge is 2.24. The number of carboxylic acid groups (broad SMARTS) is 1. The van der Waals surface area contributed by atoms with Gasteiger partial charge >= 0.3 is 12.0 Å². The standard InChI is InChI=1S/C11H22N2O3/c1-4-6-7-12-11(16)13-9(10(14)15)8(3)5-2/h8-9H,4-7H2,1-3H3,(H,14,15)(H2,12,13,16)/t8?,9-/m0/s1. The predicted octanol–water partition coefficient (Wildman–Crippen LogP) is 1.58. The Hall–Kier alpha value is -1.26. The number of aliphatic carboxylic acids is 1. The van der Waals surface area contributed by atoms with Crippen LogP contribution in [0.25, 0.3) is 0 Å². The molecule has 2 atom stereocenters. The van der Waals surface area contributed by atoms with Gasteiger partial charge in [0.05, 0.1) is 0 Å². The summed E-state index contributed by atoms with van der Waals surface area (Å²) in [6.07, 6.45) is 2.61. The summed E-state index contributed by atoms with van der Waals surface area (Å²) in [7, 11) is 0. The van der Waals surface area contributed by atoms with Crippen molar-refractivity contribution in [1.29, 1.82) is 0 Å². The molecule has 0 rings (SSSR count). The zero-order chi connectivity index (χ0) is 12.6. The SMILES string of the molecule is CCCCNC(=O)N[C@H](C(=O)O)C(C)CC. The van der Waals surface area contributed by atoms with E-state index in [2.05, 4.69) is 10.6 Å². The van der Waals surface area contributed by atoms with E-state index in [0.717, 1.165) is 12.8 Å². The van der Waals surface area contributed by atoms with Gasteiger partial charge in [-0.15, -0.1) is 0 Å². The molecule has 0 fully saturated rings. The minimum atomic E-state index is -0.986. The van der Waals surface area contributed by atoms with Gasteiger partial charge in [0.15, 0.2) is 0 Å². The Morgan fingerprint density at radius 3 is 2.38 bits per heavy atom. The molecular formula is C11H22N2O3. The number of urea groups is 1. The summed E-state index contributed by atoms with van der Waals surface area (Å²) in [5, 5.41) is 14.1.